The van der Waals surface area contributed by atoms with Crippen LogP contribution < -0.4 is 5.32 Å². The monoisotopic (exact) mass is 297 g/mol. The van der Waals surface area contributed by atoms with Gasteiger partial charge >= 0.3 is 0 Å². The maximum Gasteiger partial charge on any atom is 0.239 e. The van der Waals surface area contributed by atoms with Crippen LogP contribution in [0.5, 0.6) is 0 Å². The van der Waals surface area contributed by atoms with Gasteiger partial charge in [-0.25, -0.2) is 0 Å². The number of carbonyl (C=O) groups excluding carboxylic acids is 1. The van der Waals surface area contributed by atoms with Crippen LogP contribution >= 0.6 is 11.3 Å². The summed E-state index contributed by atoms with van der Waals surface area (Å²) >= 11 is 1.38. The van der Waals surface area contributed by atoms with Crippen molar-refractivity contribution in [3.8, 4) is 6.07 Å². The minimum absolute atomic E-state index is 0.0714. The maximum absolute atomic E-state index is 11.9. The second-order valence-corrected chi connectivity index (χ2v) is 5.60. The molecule has 0 saturated carbocycles. The fourth-order valence-corrected chi connectivity index (χ4v) is 2.80. The molecule has 0 aliphatic carbocycles. The zero-order chi connectivity index (χ0) is 15.1. The summed E-state index contributed by atoms with van der Waals surface area (Å²) in [6, 6.07) is 2.10. The molecule has 0 unspecified atom stereocenters. The number of hydrogen-bond acceptors (Lipinski definition) is 6. The van der Waals surface area contributed by atoms with Crippen molar-refractivity contribution < 1.29 is 15.0 Å². The molecule has 110 valence electrons. The summed E-state index contributed by atoms with van der Waals surface area (Å²) in [5.41, 5.74) is 1.38. The summed E-state index contributed by atoms with van der Waals surface area (Å²) in [4.78, 5) is 14.6. The highest BCUT2D eigenvalue weighted by molar-refractivity contribution is 7.16. The second kappa shape index (κ2) is 7.97. The predicted octanol–water partition coefficient (Wildman–Crippen LogP) is 0.462. The van der Waals surface area contributed by atoms with Crippen molar-refractivity contribution in [3.05, 3.63) is 16.0 Å². The first-order valence-electron chi connectivity index (χ1n) is 6.27. The number of hydrogen-bond donors (Lipinski definition) is 3. The zero-order valence-corrected chi connectivity index (χ0v) is 12.5. The van der Waals surface area contributed by atoms with E-state index in [1.807, 2.05) is 13.8 Å². The van der Waals surface area contributed by atoms with E-state index in [1.54, 1.807) is 4.90 Å². The van der Waals surface area contributed by atoms with E-state index in [0.717, 1.165) is 10.4 Å². The Morgan fingerprint density at radius 2 is 1.95 bits per heavy atom. The minimum atomic E-state index is -0.260. The van der Waals surface area contributed by atoms with Crippen molar-refractivity contribution in [2.75, 3.05) is 38.2 Å². The molecule has 1 heterocycles. The first-order chi connectivity index (χ1) is 9.53. The summed E-state index contributed by atoms with van der Waals surface area (Å²) in [7, 11) is 0. The number of aliphatic hydroxyl groups excluding tert-OH is 2. The van der Waals surface area contributed by atoms with E-state index in [9.17, 15) is 4.79 Å². The van der Waals surface area contributed by atoms with Crippen LogP contribution in [0.3, 0.4) is 0 Å². The summed E-state index contributed by atoms with van der Waals surface area (Å²) in [6.45, 7) is 4.32. The van der Waals surface area contributed by atoms with Gasteiger partial charge in [0.2, 0.25) is 5.91 Å². The van der Waals surface area contributed by atoms with Crippen molar-refractivity contribution in [2.45, 2.75) is 13.8 Å². The number of aryl methyl sites for hydroxylation is 1. The van der Waals surface area contributed by atoms with E-state index in [0.29, 0.717) is 23.7 Å². The smallest absolute Gasteiger partial charge is 0.239 e. The molecule has 20 heavy (non-hydrogen) atoms. The first kappa shape index (κ1) is 16.6. The summed E-state index contributed by atoms with van der Waals surface area (Å²) in [5, 5.41) is 30.2. The Labute approximate surface area is 122 Å². The SMILES string of the molecule is Cc1sc(NC(=O)CN(CCO)CCO)c(C#N)c1C. The minimum Gasteiger partial charge on any atom is -0.395 e. The Hall–Kier alpha value is -1.46. The van der Waals surface area contributed by atoms with Gasteiger partial charge in [0.1, 0.15) is 11.1 Å². The van der Waals surface area contributed by atoms with Crippen LogP contribution in [0.25, 0.3) is 0 Å². The third-order valence-electron chi connectivity index (χ3n) is 2.95. The van der Waals surface area contributed by atoms with Crippen LogP contribution in [-0.2, 0) is 4.79 Å². The first-order valence-corrected chi connectivity index (χ1v) is 7.09. The van der Waals surface area contributed by atoms with Gasteiger partial charge in [-0.3, -0.25) is 9.69 Å². The molecule has 0 bridgehead atoms. The Balaban J connectivity index is 2.71. The van der Waals surface area contributed by atoms with E-state index >= 15 is 0 Å². The highest BCUT2D eigenvalue weighted by Gasteiger charge is 2.16. The van der Waals surface area contributed by atoms with Crippen LogP contribution in [0.4, 0.5) is 5.00 Å². The van der Waals surface area contributed by atoms with Crippen molar-refractivity contribution in [1.82, 2.24) is 4.90 Å². The van der Waals surface area contributed by atoms with Crippen LogP contribution in [0, 0.1) is 25.2 Å². The Kier molecular flexibility index (Phi) is 6.61. The van der Waals surface area contributed by atoms with E-state index in [2.05, 4.69) is 11.4 Å². The fourth-order valence-electron chi connectivity index (χ4n) is 1.77. The largest absolute Gasteiger partial charge is 0.395 e. The summed E-state index contributed by atoms with van der Waals surface area (Å²) in [6.07, 6.45) is 0. The van der Waals surface area contributed by atoms with Crippen LogP contribution in [0.1, 0.15) is 16.0 Å². The molecule has 1 amide bonds. The number of rotatable bonds is 7. The van der Waals surface area contributed by atoms with Gasteiger partial charge in [-0.15, -0.1) is 11.3 Å². The lowest BCUT2D eigenvalue weighted by atomic mass is 10.2. The third kappa shape index (κ3) is 4.28. The predicted molar refractivity (Wildman–Crippen MR) is 77.7 cm³/mol. The summed E-state index contributed by atoms with van der Waals surface area (Å²) in [5.74, 6) is -0.260. The average molecular weight is 297 g/mol. The number of aliphatic hydroxyl groups is 2. The normalized spacial score (nSPS) is 10.6. The molecule has 0 fully saturated rings. The fraction of sp³-hybridized carbons (Fsp3) is 0.538. The van der Waals surface area contributed by atoms with E-state index in [1.165, 1.54) is 11.3 Å². The lowest BCUT2D eigenvalue weighted by molar-refractivity contribution is -0.117. The highest BCUT2D eigenvalue weighted by atomic mass is 32.1. The number of carbonyl (C=O) groups is 1. The highest BCUT2D eigenvalue weighted by Crippen LogP contribution is 2.31. The van der Waals surface area contributed by atoms with Crippen LogP contribution in [0.2, 0.25) is 0 Å². The Bertz CT molecular complexity index is 502. The van der Waals surface area contributed by atoms with E-state index in [4.69, 9.17) is 15.5 Å². The molecule has 0 radical (unpaired) electrons. The number of thiophene rings is 1. The quantitative estimate of drug-likeness (QED) is 0.679. The van der Waals surface area contributed by atoms with Crippen LogP contribution in [-0.4, -0.2) is 53.9 Å². The standard InChI is InChI=1S/C13H19N3O3S/c1-9-10(2)20-13(11(9)7-14)15-12(19)8-16(3-5-17)4-6-18/h17-18H,3-6,8H2,1-2H3,(H,15,19). The molecule has 0 atom stereocenters. The number of amides is 1. The summed E-state index contributed by atoms with van der Waals surface area (Å²) < 4.78 is 0. The van der Waals surface area contributed by atoms with Gasteiger partial charge in [0.15, 0.2) is 0 Å². The molecule has 3 N–H and O–H groups in total. The van der Waals surface area contributed by atoms with Gasteiger partial charge in [-0.2, -0.15) is 5.26 Å². The van der Waals surface area contributed by atoms with Crippen molar-refractivity contribution in [2.24, 2.45) is 0 Å². The second-order valence-electron chi connectivity index (χ2n) is 4.37. The average Bonchev–Trinajstić information content (AvgIpc) is 2.64. The van der Waals surface area contributed by atoms with E-state index in [-0.39, 0.29) is 25.7 Å². The lowest BCUT2D eigenvalue weighted by Gasteiger charge is -2.19. The molecule has 1 aromatic heterocycles. The Morgan fingerprint density at radius 3 is 2.45 bits per heavy atom. The molecule has 7 heteroatoms. The maximum atomic E-state index is 11.9. The van der Waals surface area contributed by atoms with Gasteiger partial charge in [0, 0.05) is 18.0 Å². The molecule has 0 aromatic carbocycles. The van der Waals surface area contributed by atoms with Gasteiger partial charge in [-0.05, 0) is 19.4 Å². The molecule has 0 aliphatic rings. The number of nitrogens with one attached hydrogen (secondary N) is 1. The molecule has 0 aliphatic heterocycles. The molecule has 1 rings (SSSR count). The molecule has 0 saturated heterocycles. The van der Waals surface area contributed by atoms with E-state index < -0.39 is 0 Å². The number of nitriles is 1. The van der Waals surface area contributed by atoms with Crippen molar-refractivity contribution in [3.63, 3.8) is 0 Å². The van der Waals surface area contributed by atoms with Crippen LogP contribution in [0.15, 0.2) is 0 Å². The van der Waals surface area contributed by atoms with Gasteiger partial charge in [-0.1, -0.05) is 0 Å². The van der Waals surface area contributed by atoms with Crippen molar-refractivity contribution >= 4 is 22.2 Å². The lowest BCUT2D eigenvalue weighted by Crippen LogP contribution is -2.37. The van der Waals surface area contributed by atoms with Crippen molar-refractivity contribution in [1.29, 1.82) is 5.26 Å². The topological polar surface area (TPSA) is 96.6 Å². The molecule has 1 aromatic rings. The van der Waals surface area contributed by atoms with Gasteiger partial charge < -0.3 is 15.5 Å². The number of nitrogens with zero attached hydrogens (tertiary/aromatic N) is 2. The molecular formula is C13H19N3O3S. The molecule has 6 nitrogen and oxygen atoms in total. The molecule has 0 spiro atoms. The number of anilines is 1. The zero-order valence-electron chi connectivity index (χ0n) is 11.6. The Morgan fingerprint density at radius 1 is 1.35 bits per heavy atom. The third-order valence-corrected chi connectivity index (χ3v) is 4.07. The van der Waals surface area contributed by atoms with Gasteiger partial charge in [0.25, 0.3) is 0 Å². The van der Waals surface area contributed by atoms with Gasteiger partial charge in [0.05, 0.1) is 25.3 Å². The molecular weight excluding hydrogens is 278 g/mol.